The summed E-state index contributed by atoms with van der Waals surface area (Å²) in [5.74, 6) is -3.98. The van der Waals surface area contributed by atoms with Crippen LogP contribution in [0.5, 0.6) is 0 Å². The molecule has 0 spiro atoms. The summed E-state index contributed by atoms with van der Waals surface area (Å²) in [4.78, 5) is 31.7. The molecule has 14 heavy (non-hydrogen) atoms. The molecule has 0 fully saturated rings. The molecule has 2 N–H and O–H groups in total. The smallest absolute Gasteiger partial charge is 0.314 e. The van der Waals surface area contributed by atoms with Gasteiger partial charge in [-0.3, -0.25) is 14.4 Å². The first-order chi connectivity index (χ1) is 6.49. The molecule has 0 rings (SSSR count). The summed E-state index contributed by atoms with van der Waals surface area (Å²) < 4.78 is 0. The molecular weight excluding hydrogens is 188 g/mol. The Balaban J connectivity index is 4.11. The Kier molecular flexibility index (Phi) is 5.21. The van der Waals surface area contributed by atoms with Crippen LogP contribution in [0.3, 0.4) is 0 Å². The summed E-state index contributed by atoms with van der Waals surface area (Å²) in [6, 6.07) is 0. The second-order valence-electron chi connectivity index (χ2n) is 2.78. The van der Waals surface area contributed by atoms with Gasteiger partial charge in [-0.15, -0.1) is 0 Å². The first kappa shape index (κ1) is 12.3. The van der Waals surface area contributed by atoms with Crippen LogP contribution in [0.1, 0.15) is 19.3 Å². The molecule has 0 saturated carbocycles. The number of carbonyl (C=O) groups excluding carboxylic acids is 1. The number of ketones is 1. The molecule has 0 aromatic heterocycles. The third kappa shape index (κ3) is 4.39. The Morgan fingerprint density at radius 2 is 1.86 bits per heavy atom. The number of carbonyl (C=O) groups is 3. The Bertz CT molecular complexity index is 256. The second-order valence-corrected chi connectivity index (χ2v) is 2.78. The van der Waals surface area contributed by atoms with Crippen molar-refractivity contribution in [3.63, 3.8) is 0 Å². The van der Waals surface area contributed by atoms with Gasteiger partial charge in [0.15, 0.2) is 5.78 Å². The van der Waals surface area contributed by atoms with E-state index < -0.39 is 23.6 Å². The zero-order chi connectivity index (χ0) is 11.1. The summed E-state index contributed by atoms with van der Waals surface area (Å²) in [5.41, 5.74) is 0. The van der Waals surface area contributed by atoms with Crippen LogP contribution in [0.4, 0.5) is 0 Å². The SMILES string of the molecule is C=CC(=O)C(CCCC(=O)O)C(=O)O. The fraction of sp³-hybridized carbons (Fsp3) is 0.444. The molecule has 1 unspecified atom stereocenters. The zero-order valence-electron chi connectivity index (χ0n) is 7.60. The highest BCUT2D eigenvalue weighted by atomic mass is 16.4. The van der Waals surface area contributed by atoms with Gasteiger partial charge in [-0.2, -0.15) is 0 Å². The molecule has 0 aliphatic rings. The number of hydrogen-bond donors (Lipinski definition) is 2. The molecule has 0 saturated heterocycles. The van der Waals surface area contributed by atoms with Gasteiger partial charge < -0.3 is 10.2 Å². The maximum absolute atomic E-state index is 11.0. The van der Waals surface area contributed by atoms with Gasteiger partial charge in [0.2, 0.25) is 0 Å². The van der Waals surface area contributed by atoms with Crippen LogP contribution in [0.15, 0.2) is 12.7 Å². The van der Waals surface area contributed by atoms with Crippen LogP contribution >= 0.6 is 0 Å². The number of aliphatic carboxylic acids is 2. The quantitative estimate of drug-likeness (QED) is 0.466. The Morgan fingerprint density at radius 1 is 1.29 bits per heavy atom. The monoisotopic (exact) mass is 200 g/mol. The third-order valence-corrected chi connectivity index (χ3v) is 1.73. The zero-order valence-corrected chi connectivity index (χ0v) is 7.60. The van der Waals surface area contributed by atoms with Gasteiger partial charge in [-0.25, -0.2) is 0 Å². The van der Waals surface area contributed by atoms with Gasteiger partial charge in [-0.05, 0) is 18.9 Å². The third-order valence-electron chi connectivity index (χ3n) is 1.73. The van der Waals surface area contributed by atoms with Crippen LogP contribution in [0.25, 0.3) is 0 Å². The summed E-state index contributed by atoms with van der Waals surface area (Å²) in [6.07, 6.45) is 1.02. The van der Waals surface area contributed by atoms with Gasteiger partial charge in [0, 0.05) is 6.42 Å². The average Bonchev–Trinajstić information content (AvgIpc) is 2.10. The van der Waals surface area contributed by atoms with E-state index in [1.165, 1.54) is 0 Å². The molecule has 1 atom stereocenters. The molecule has 0 aliphatic carbocycles. The van der Waals surface area contributed by atoms with E-state index in [-0.39, 0.29) is 19.3 Å². The van der Waals surface area contributed by atoms with Crippen LogP contribution in [-0.2, 0) is 14.4 Å². The fourth-order valence-corrected chi connectivity index (χ4v) is 0.987. The Morgan fingerprint density at radius 3 is 2.21 bits per heavy atom. The van der Waals surface area contributed by atoms with Crippen molar-refractivity contribution in [1.82, 2.24) is 0 Å². The van der Waals surface area contributed by atoms with Gasteiger partial charge in [-0.1, -0.05) is 6.58 Å². The van der Waals surface area contributed by atoms with Crippen LogP contribution < -0.4 is 0 Å². The summed E-state index contributed by atoms with van der Waals surface area (Å²) in [6.45, 7) is 3.18. The molecule has 0 amide bonds. The van der Waals surface area contributed by atoms with Crippen molar-refractivity contribution >= 4 is 17.7 Å². The van der Waals surface area contributed by atoms with Gasteiger partial charge in [0.05, 0.1) is 0 Å². The lowest BCUT2D eigenvalue weighted by Gasteiger charge is -2.06. The van der Waals surface area contributed by atoms with Crippen LogP contribution in [0, 0.1) is 5.92 Å². The minimum Gasteiger partial charge on any atom is -0.481 e. The van der Waals surface area contributed by atoms with Gasteiger partial charge in [0.1, 0.15) is 5.92 Å². The fourth-order valence-electron chi connectivity index (χ4n) is 0.987. The molecule has 0 aromatic rings. The Labute approximate surface area is 81.0 Å². The highest BCUT2D eigenvalue weighted by molar-refractivity contribution is 6.04. The van der Waals surface area contributed by atoms with Crippen molar-refractivity contribution in [2.24, 2.45) is 5.92 Å². The van der Waals surface area contributed by atoms with Crippen LogP contribution in [0.2, 0.25) is 0 Å². The molecule has 0 aromatic carbocycles. The van der Waals surface area contributed by atoms with E-state index in [0.717, 1.165) is 6.08 Å². The lowest BCUT2D eigenvalue weighted by atomic mass is 9.97. The molecule has 0 heterocycles. The first-order valence-electron chi connectivity index (χ1n) is 4.10. The minimum atomic E-state index is -1.24. The van der Waals surface area contributed by atoms with E-state index in [1.54, 1.807) is 0 Å². The highest BCUT2D eigenvalue weighted by Crippen LogP contribution is 2.10. The summed E-state index contributed by atoms with van der Waals surface area (Å²) in [7, 11) is 0. The molecule has 78 valence electrons. The average molecular weight is 200 g/mol. The van der Waals surface area contributed by atoms with E-state index in [4.69, 9.17) is 10.2 Å². The lowest BCUT2D eigenvalue weighted by molar-refractivity contribution is -0.146. The summed E-state index contributed by atoms with van der Waals surface area (Å²) in [5, 5.41) is 16.9. The number of hydrogen-bond acceptors (Lipinski definition) is 3. The predicted molar refractivity (Wildman–Crippen MR) is 47.8 cm³/mol. The highest BCUT2D eigenvalue weighted by Gasteiger charge is 2.23. The topological polar surface area (TPSA) is 91.7 Å². The van der Waals surface area contributed by atoms with E-state index in [2.05, 4.69) is 6.58 Å². The van der Waals surface area contributed by atoms with E-state index >= 15 is 0 Å². The van der Waals surface area contributed by atoms with E-state index in [1.807, 2.05) is 0 Å². The molecule has 5 heteroatoms. The summed E-state index contributed by atoms with van der Waals surface area (Å²) >= 11 is 0. The maximum Gasteiger partial charge on any atom is 0.314 e. The number of rotatable bonds is 7. The largest absolute Gasteiger partial charge is 0.481 e. The van der Waals surface area contributed by atoms with Crippen molar-refractivity contribution in [2.75, 3.05) is 0 Å². The Hall–Kier alpha value is -1.65. The second kappa shape index (κ2) is 5.90. The van der Waals surface area contributed by atoms with Crippen molar-refractivity contribution in [3.05, 3.63) is 12.7 Å². The van der Waals surface area contributed by atoms with Crippen molar-refractivity contribution < 1.29 is 24.6 Å². The lowest BCUT2D eigenvalue weighted by Crippen LogP contribution is -2.22. The molecule has 5 nitrogen and oxygen atoms in total. The van der Waals surface area contributed by atoms with Gasteiger partial charge in [0.25, 0.3) is 0 Å². The van der Waals surface area contributed by atoms with Crippen molar-refractivity contribution in [2.45, 2.75) is 19.3 Å². The first-order valence-corrected chi connectivity index (χ1v) is 4.10. The normalized spacial score (nSPS) is 11.7. The molecule has 0 aliphatic heterocycles. The van der Waals surface area contributed by atoms with E-state index in [9.17, 15) is 14.4 Å². The van der Waals surface area contributed by atoms with Crippen molar-refractivity contribution in [3.8, 4) is 0 Å². The molecule has 0 bridgehead atoms. The van der Waals surface area contributed by atoms with Crippen molar-refractivity contribution in [1.29, 1.82) is 0 Å². The number of allylic oxidation sites excluding steroid dienone is 1. The standard InChI is InChI=1S/C9H12O5/c1-2-7(10)6(9(13)14)4-3-5-8(11)12/h2,6H,1,3-5H2,(H,11,12)(H,13,14). The minimum absolute atomic E-state index is 0.0342. The van der Waals surface area contributed by atoms with Gasteiger partial charge >= 0.3 is 11.9 Å². The number of carboxylic acid groups (broad SMARTS) is 2. The van der Waals surface area contributed by atoms with E-state index in [0.29, 0.717) is 0 Å². The van der Waals surface area contributed by atoms with Crippen LogP contribution in [-0.4, -0.2) is 27.9 Å². The maximum atomic E-state index is 11.0. The number of carboxylic acids is 2. The predicted octanol–water partition coefficient (Wildman–Crippen LogP) is 0.697. The molecule has 0 radical (unpaired) electrons. The molecular formula is C9H12O5.